The minimum atomic E-state index is -0.0698. The van der Waals surface area contributed by atoms with Crippen molar-refractivity contribution in [1.29, 1.82) is 0 Å². The molecule has 0 saturated heterocycles. The zero-order chi connectivity index (χ0) is 22.6. The maximum absolute atomic E-state index is 12.6. The molecule has 0 fully saturated rings. The van der Waals surface area contributed by atoms with Gasteiger partial charge in [0.15, 0.2) is 0 Å². The minimum absolute atomic E-state index is 0.0698. The van der Waals surface area contributed by atoms with E-state index in [1.54, 1.807) is 14.2 Å². The van der Waals surface area contributed by atoms with Gasteiger partial charge in [0.2, 0.25) is 5.91 Å². The Kier molecular flexibility index (Phi) is 8.75. The van der Waals surface area contributed by atoms with E-state index in [-0.39, 0.29) is 5.91 Å². The van der Waals surface area contributed by atoms with Gasteiger partial charge in [-0.1, -0.05) is 72.8 Å². The van der Waals surface area contributed by atoms with Crippen LogP contribution in [0, 0.1) is 0 Å². The highest BCUT2D eigenvalue weighted by atomic mass is 16.5. The predicted octanol–water partition coefficient (Wildman–Crippen LogP) is 4.66. The molecule has 0 bridgehead atoms. The number of hydrogen-bond donors (Lipinski definition) is 1. The molecule has 0 aliphatic rings. The number of amides is 1. The highest BCUT2D eigenvalue weighted by Crippen LogP contribution is 2.13. The number of benzene rings is 3. The average Bonchev–Trinajstić information content (AvgIpc) is 2.85. The van der Waals surface area contributed by atoms with Crippen molar-refractivity contribution in [2.24, 2.45) is 9.98 Å². The quantitative estimate of drug-likeness (QED) is 0.399. The van der Waals surface area contributed by atoms with E-state index in [1.165, 1.54) is 0 Å². The molecule has 0 radical (unpaired) electrons. The molecule has 0 unspecified atom stereocenters. The van der Waals surface area contributed by atoms with Crippen molar-refractivity contribution >= 4 is 17.5 Å². The first-order valence-electron chi connectivity index (χ1n) is 10.7. The largest absolute Gasteiger partial charge is 0.497 e. The van der Waals surface area contributed by atoms with Crippen LogP contribution in [0.2, 0.25) is 0 Å². The second kappa shape index (κ2) is 12.2. The molecule has 32 heavy (non-hydrogen) atoms. The molecule has 0 saturated carbocycles. The lowest BCUT2D eigenvalue weighted by atomic mass is 10.1. The minimum Gasteiger partial charge on any atom is -0.497 e. The van der Waals surface area contributed by atoms with Crippen molar-refractivity contribution in [3.05, 3.63) is 102 Å². The number of rotatable bonds is 9. The third kappa shape index (κ3) is 7.20. The molecule has 1 N–H and O–H groups in total. The normalized spacial score (nSPS) is 11.8. The standard InChI is InChI=1S/C27H29N3O2/c1-28-27(30-26(31)18-15-21-9-5-3-6-10-21)25(19-22-11-7-4-8-12-22)29-20-23-13-16-24(32-2)17-14-23/h3-14,16-17H,15,18-20H2,1-2H3,(H,28,30,31). The molecule has 0 aromatic heterocycles. The van der Waals surface area contributed by atoms with Gasteiger partial charge in [-0.2, -0.15) is 0 Å². The number of nitrogens with zero attached hydrogens (tertiary/aromatic N) is 2. The van der Waals surface area contributed by atoms with E-state index in [1.807, 2.05) is 84.9 Å². The van der Waals surface area contributed by atoms with Gasteiger partial charge in [-0.05, 0) is 35.2 Å². The van der Waals surface area contributed by atoms with E-state index >= 15 is 0 Å². The van der Waals surface area contributed by atoms with Gasteiger partial charge in [-0.3, -0.25) is 14.8 Å². The van der Waals surface area contributed by atoms with Crippen LogP contribution in [0.4, 0.5) is 0 Å². The van der Waals surface area contributed by atoms with Crippen LogP contribution in [0.5, 0.6) is 5.75 Å². The molecule has 0 spiro atoms. The van der Waals surface area contributed by atoms with Crippen molar-refractivity contribution in [3.8, 4) is 5.75 Å². The Morgan fingerprint density at radius 3 is 2.06 bits per heavy atom. The summed E-state index contributed by atoms with van der Waals surface area (Å²) in [5.74, 6) is 1.25. The summed E-state index contributed by atoms with van der Waals surface area (Å²) in [6.45, 7) is 0.491. The van der Waals surface area contributed by atoms with E-state index in [4.69, 9.17) is 9.73 Å². The summed E-state index contributed by atoms with van der Waals surface area (Å²) >= 11 is 0. The average molecular weight is 428 g/mol. The van der Waals surface area contributed by atoms with Crippen molar-refractivity contribution in [1.82, 2.24) is 5.32 Å². The number of methoxy groups -OCH3 is 1. The van der Waals surface area contributed by atoms with Crippen LogP contribution in [-0.4, -0.2) is 31.6 Å². The van der Waals surface area contributed by atoms with Crippen LogP contribution in [0.3, 0.4) is 0 Å². The van der Waals surface area contributed by atoms with E-state index < -0.39 is 0 Å². The van der Waals surface area contributed by atoms with Gasteiger partial charge in [0.25, 0.3) is 0 Å². The van der Waals surface area contributed by atoms with Gasteiger partial charge in [0, 0.05) is 19.9 Å². The fourth-order valence-electron chi connectivity index (χ4n) is 3.28. The third-order valence-corrected chi connectivity index (χ3v) is 5.06. The lowest BCUT2D eigenvalue weighted by Crippen LogP contribution is -2.37. The lowest BCUT2D eigenvalue weighted by Gasteiger charge is -2.12. The Morgan fingerprint density at radius 1 is 0.844 bits per heavy atom. The topological polar surface area (TPSA) is 63.0 Å². The zero-order valence-corrected chi connectivity index (χ0v) is 18.6. The Morgan fingerprint density at radius 2 is 1.47 bits per heavy atom. The monoisotopic (exact) mass is 427 g/mol. The van der Waals surface area contributed by atoms with Gasteiger partial charge in [0.05, 0.1) is 19.4 Å². The number of carbonyl (C=O) groups excluding carboxylic acids is 1. The molecule has 164 valence electrons. The van der Waals surface area contributed by atoms with E-state index in [0.29, 0.717) is 31.6 Å². The van der Waals surface area contributed by atoms with E-state index in [9.17, 15) is 4.79 Å². The first-order valence-corrected chi connectivity index (χ1v) is 10.7. The van der Waals surface area contributed by atoms with Gasteiger partial charge in [0.1, 0.15) is 11.6 Å². The maximum atomic E-state index is 12.6. The van der Waals surface area contributed by atoms with Crippen molar-refractivity contribution < 1.29 is 9.53 Å². The smallest absolute Gasteiger partial charge is 0.225 e. The highest BCUT2D eigenvalue weighted by Gasteiger charge is 2.13. The number of aryl methyl sites for hydroxylation is 1. The summed E-state index contributed by atoms with van der Waals surface area (Å²) in [5.41, 5.74) is 4.06. The first-order chi connectivity index (χ1) is 15.7. The molecule has 5 heteroatoms. The fraction of sp³-hybridized carbons (Fsp3) is 0.222. The molecule has 5 nitrogen and oxygen atoms in total. The third-order valence-electron chi connectivity index (χ3n) is 5.06. The van der Waals surface area contributed by atoms with Crippen LogP contribution in [-0.2, 0) is 24.2 Å². The molecule has 3 aromatic carbocycles. The lowest BCUT2D eigenvalue weighted by molar-refractivity contribution is -0.119. The van der Waals surface area contributed by atoms with Crippen molar-refractivity contribution in [3.63, 3.8) is 0 Å². The number of hydrogen-bond acceptors (Lipinski definition) is 4. The molecule has 0 atom stereocenters. The fourth-order valence-corrected chi connectivity index (χ4v) is 3.28. The number of ether oxygens (including phenoxy) is 1. The molecule has 0 heterocycles. The molecular formula is C27H29N3O2. The maximum Gasteiger partial charge on any atom is 0.225 e. The Bertz CT molecular complexity index is 1040. The Labute approximate surface area is 189 Å². The number of amidine groups is 1. The van der Waals surface area contributed by atoms with E-state index in [2.05, 4.69) is 10.3 Å². The molecular weight excluding hydrogens is 398 g/mol. The summed E-state index contributed by atoms with van der Waals surface area (Å²) in [6, 6.07) is 27.9. The summed E-state index contributed by atoms with van der Waals surface area (Å²) in [6.07, 6.45) is 1.66. The molecule has 1 amide bonds. The van der Waals surface area contributed by atoms with Crippen molar-refractivity contribution in [2.45, 2.75) is 25.8 Å². The summed E-state index contributed by atoms with van der Waals surface area (Å²) in [4.78, 5) is 21.8. The summed E-state index contributed by atoms with van der Waals surface area (Å²) in [5, 5.41) is 2.97. The van der Waals surface area contributed by atoms with Crippen LogP contribution in [0.25, 0.3) is 0 Å². The van der Waals surface area contributed by atoms with Crippen LogP contribution in [0.15, 0.2) is 94.9 Å². The van der Waals surface area contributed by atoms with Gasteiger partial charge in [-0.25, -0.2) is 0 Å². The Hall–Kier alpha value is -3.73. The number of carbonyl (C=O) groups is 1. The molecule has 3 aromatic rings. The second-order valence-electron chi connectivity index (χ2n) is 7.38. The summed E-state index contributed by atoms with van der Waals surface area (Å²) in [7, 11) is 3.33. The van der Waals surface area contributed by atoms with Crippen LogP contribution < -0.4 is 10.1 Å². The van der Waals surface area contributed by atoms with Gasteiger partial charge in [-0.15, -0.1) is 0 Å². The van der Waals surface area contributed by atoms with E-state index in [0.717, 1.165) is 28.2 Å². The van der Waals surface area contributed by atoms with Gasteiger partial charge < -0.3 is 10.1 Å². The first kappa shape index (κ1) is 22.9. The molecule has 3 rings (SSSR count). The predicted molar refractivity (Wildman–Crippen MR) is 131 cm³/mol. The highest BCUT2D eigenvalue weighted by molar-refractivity contribution is 6.44. The van der Waals surface area contributed by atoms with Crippen LogP contribution in [0.1, 0.15) is 23.1 Å². The Balaban J connectivity index is 1.72. The van der Waals surface area contributed by atoms with Crippen molar-refractivity contribution in [2.75, 3.05) is 14.2 Å². The molecule has 0 aliphatic carbocycles. The van der Waals surface area contributed by atoms with Gasteiger partial charge >= 0.3 is 0 Å². The SMILES string of the molecule is CN=C(NC(=O)CCc1ccccc1)C(Cc1ccccc1)=NCc1ccc(OC)cc1. The summed E-state index contributed by atoms with van der Waals surface area (Å²) < 4.78 is 5.23. The number of aliphatic imine (C=N–C) groups is 2. The molecule has 0 aliphatic heterocycles. The second-order valence-corrected chi connectivity index (χ2v) is 7.38. The zero-order valence-electron chi connectivity index (χ0n) is 18.6. The number of nitrogens with one attached hydrogen (secondary N) is 1. The van der Waals surface area contributed by atoms with Crippen LogP contribution >= 0.6 is 0 Å².